The second kappa shape index (κ2) is 7.06. The van der Waals surface area contributed by atoms with Crippen LogP contribution in [0.4, 0.5) is 4.39 Å². The maximum absolute atomic E-state index is 13.0. The molecule has 2 heterocycles. The molecule has 0 fully saturated rings. The number of halogens is 1. The van der Waals surface area contributed by atoms with E-state index in [9.17, 15) is 9.18 Å². The molecule has 1 atom stereocenters. The standard InChI is InChI=1S/C19H16FN3O4/c1-11(19-22-17(23-27-19)12-2-5-14(20)6-3-12)21-18(24)13-4-7-15-16(10-13)26-9-8-25-15/h2-7,10-11H,8-9H2,1H3,(H,21,24)/t11-/m0/s1. The van der Waals surface area contributed by atoms with Gasteiger partial charge in [-0.15, -0.1) is 0 Å². The third-order valence-electron chi connectivity index (χ3n) is 4.07. The minimum absolute atomic E-state index is 0.250. The van der Waals surface area contributed by atoms with Gasteiger partial charge in [-0.05, 0) is 49.4 Å². The van der Waals surface area contributed by atoms with Gasteiger partial charge in [0, 0.05) is 11.1 Å². The molecule has 7 nitrogen and oxygen atoms in total. The zero-order valence-corrected chi connectivity index (χ0v) is 14.4. The van der Waals surface area contributed by atoms with Crippen molar-refractivity contribution in [3.8, 4) is 22.9 Å². The fourth-order valence-electron chi connectivity index (χ4n) is 2.65. The highest BCUT2D eigenvalue weighted by Crippen LogP contribution is 2.31. The van der Waals surface area contributed by atoms with Crippen molar-refractivity contribution in [2.75, 3.05) is 13.2 Å². The predicted octanol–water partition coefficient (Wildman–Crippen LogP) is 3.14. The highest BCUT2D eigenvalue weighted by molar-refractivity contribution is 5.95. The van der Waals surface area contributed by atoms with Crippen LogP contribution in [0, 0.1) is 5.82 Å². The van der Waals surface area contributed by atoms with Gasteiger partial charge < -0.3 is 19.3 Å². The normalized spacial score (nSPS) is 13.9. The largest absolute Gasteiger partial charge is 0.486 e. The molecule has 0 spiro atoms. The van der Waals surface area contributed by atoms with Gasteiger partial charge in [0.15, 0.2) is 11.5 Å². The lowest BCUT2D eigenvalue weighted by molar-refractivity contribution is 0.0931. The summed E-state index contributed by atoms with van der Waals surface area (Å²) in [6, 6.07) is 10.2. The van der Waals surface area contributed by atoms with Gasteiger partial charge in [0.2, 0.25) is 11.7 Å². The minimum Gasteiger partial charge on any atom is -0.486 e. The van der Waals surface area contributed by atoms with Crippen molar-refractivity contribution in [1.82, 2.24) is 15.5 Å². The van der Waals surface area contributed by atoms with Crippen molar-refractivity contribution in [2.24, 2.45) is 0 Å². The Morgan fingerprint density at radius 3 is 2.63 bits per heavy atom. The number of amides is 1. The number of nitrogens with one attached hydrogen (secondary N) is 1. The van der Waals surface area contributed by atoms with Crippen LogP contribution in [-0.4, -0.2) is 29.3 Å². The van der Waals surface area contributed by atoms with E-state index in [4.69, 9.17) is 14.0 Å². The first-order chi connectivity index (χ1) is 13.1. The molecule has 1 amide bonds. The number of hydrogen-bond acceptors (Lipinski definition) is 6. The molecule has 27 heavy (non-hydrogen) atoms. The Balaban J connectivity index is 1.46. The fraction of sp³-hybridized carbons (Fsp3) is 0.211. The Bertz CT molecular complexity index is 971. The summed E-state index contributed by atoms with van der Waals surface area (Å²) >= 11 is 0. The van der Waals surface area contributed by atoms with Crippen LogP contribution in [0.15, 0.2) is 47.0 Å². The third-order valence-corrected chi connectivity index (χ3v) is 4.07. The number of rotatable bonds is 4. The number of aromatic nitrogens is 2. The highest BCUT2D eigenvalue weighted by Gasteiger charge is 2.20. The van der Waals surface area contributed by atoms with Crippen LogP contribution in [0.5, 0.6) is 11.5 Å². The molecule has 138 valence electrons. The molecule has 0 radical (unpaired) electrons. The van der Waals surface area contributed by atoms with E-state index in [1.165, 1.54) is 12.1 Å². The van der Waals surface area contributed by atoms with Gasteiger partial charge in [0.25, 0.3) is 5.91 Å². The van der Waals surface area contributed by atoms with Crippen LogP contribution >= 0.6 is 0 Å². The smallest absolute Gasteiger partial charge is 0.252 e. The second-order valence-electron chi connectivity index (χ2n) is 6.02. The third kappa shape index (κ3) is 3.59. The summed E-state index contributed by atoms with van der Waals surface area (Å²) in [4.78, 5) is 16.8. The van der Waals surface area contributed by atoms with E-state index < -0.39 is 6.04 Å². The maximum Gasteiger partial charge on any atom is 0.252 e. The van der Waals surface area contributed by atoms with Crippen molar-refractivity contribution >= 4 is 5.91 Å². The summed E-state index contributed by atoms with van der Waals surface area (Å²) in [6.07, 6.45) is 0. The summed E-state index contributed by atoms with van der Waals surface area (Å²) in [7, 11) is 0. The van der Waals surface area contributed by atoms with Gasteiger partial charge >= 0.3 is 0 Å². The lowest BCUT2D eigenvalue weighted by Crippen LogP contribution is -2.27. The Kier molecular flexibility index (Phi) is 4.45. The van der Waals surface area contributed by atoms with Crippen LogP contribution in [-0.2, 0) is 0 Å². The van der Waals surface area contributed by atoms with Crippen molar-refractivity contribution in [1.29, 1.82) is 0 Å². The quantitative estimate of drug-likeness (QED) is 0.760. The molecule has 0 saturated heterocycles. The molecule has 0 saturated carbocycles. The summed E-state index contributed by atoms with van der Waals surface area (Å²) in [5.74, 6) is 1.08. The molecule has 0 unspecified atom stereocenters. The van der Waals surface area contributed by atoms with Crippen molar-refractivity contribution < 1.29 is 23.2 Å². The molecule has 1 aliphatic heterocycles. The number of carbonyl (C=O) groups excluding carboxylic acids is 1. The van der Waals surface area contributed by atoms with Gasteiger partial charge in [-0.3, -0.25) is 4.79 Å². The predicted molar refractivity (Wildman–Crippen MR) is 93.0 cm³/mol. The molecule has 1 aliphatic rings. The first-order valence-corrected chi connectivity index (χ1v) is 8.40. The molecular weight excluding hydrogens is 353 g/mol. The summed E-state index contributed by atoms with van der Waals surface area (Å²) in [5, 5.41) is 6.68. The SMILES string of the molecule is C[C@H](NC(=O)c1ccc2c(c1)OCCO2)c1nc(-c2ccc(F)cc2)no1. The Hall–Kier alpha value is -3.42. The van der Waals surface area contributed by atoms with Gasteiger partial charge in [-0.1, -0.05) is 5.16 Å². The van der Waals surface area contributed by atoms with Crippen LogP contribution < -0.4 is 14.8 Å². The molecule has 4 rings (SSSR count). The molecule has 1 N–H and O–H groups in total. The highest BCUT2D eigenvalue weighted by atomic mass is 19.1. The van der Waals surface area contributed by atoms with Crippen LogP contribution in [0.1, 0.15) is 29.2 Å². The number of nitrogens with zero attached hydrogens (tertiary/aromatic N) is 2. The van der Waals surface area contributed by atoms with E-state index in [1.54, 1.807) is 37.3 Å². The van der Waals surface area contributed by atoms with Crippen LogP contribution in [0.25, 0.3) is 11.4 Å². The number of ether oxygens (including phenoxy) is 2. The van der Waals surface area contributed by atoms with Crippen molar-refractivity contribution in [2.45, 2.75) is 13.0 Å². The Morgan fingerprint density at radius 2 is 1.85 bits per heavy atom. The van der Waals surface area contributed by atoms with Gasteiger partial charge in [-0.2, -0.15) is 4.98 Å². The Morgan fingerprint density at radius 1 is 1.11 bits per heavy atom. The van der Waals surface area contributed by atoms with Crippen LogP contribution in [0.2, 0.25) is 0 Å². The zero-order chi connectivity index (χ0) is 18.8. The zero-order valence-electron chi connectivity index (χ0n) is 14.4. The number of carbonyl (C=O) groups is 1. The topological polar surface area (TPSA) is 86.5 Å². The molecule has 8 heteroatoms. The molecule has 0 bridgehead atoms. The molecule has 0 aliphatic carbocycles. The fourth-order valence-corrected chi connectivity index (χ4v) is 2.65. The number of benzene rings is 2. The first-order valence-electron chi connectivity index (χ1n) is 8.40. The van der Waals surface area contributed by atoms with Gasteiger partial charge in [0.05, 0.1) is 0 Å². The molecule has 1 aromatic heterocycles. The number of hydrogen-bond donors (Lipinski definition) is 1. The maximum atomic E-state index is 13.0. The summed E-state index contributed by atoms with van der Waals surface area (Å²) in [6.45, 7) is 2.67. The van der Waals surface area contributed by atoms with E-state index in [2.05, 4.69) is 15.5 Å². The monoisotopic (exact) mass is 369 g/mol. The van der Waals surface area contributed by atoms with E-state index in [0.717, 1.165) is 0 Å². The van der Waals surface area contributed by atoms with E-state index in [0.29, 0.717) is 41.7 Å². The summed E-state index contributed by atoms with van der Waals surface area (Å²) < 4.78 is 29.2. The minimum atomic E-state index is -0.507. The lowest BCUT2D eigenvalue weighted by atomic mass is 10.1. The lowest BCUT2D eigenvalue weighted by Gasteiger charge is -2.19. The van der Waals surface area contributed by atoms with Crippen molar-refractivity contribution in [3.05, 3.63) is 59.7 Å². The van der Waals surface area contributed by atoms with Gasteiger partial charge in [-0.25, -0.2) is 4.39 Å². The molecule has 2 aromatic carbocycles. The Labute approximate surface area is 154 Å². The van der Waals surface area contributed by atoms with E-state index in [1.807, 2.05) is 0 Å². The van der Waals surface area contributed by atoms with E-state index >= 15 is 0 Å². The van der Waals surface area contributed by atoms with Crippen molar-refractivity contribution in [3.63, 3.8) is 0 Å². The molecular formula is C19H16FN3O4. The second-order valence-corrected chi connectivity index (χ2v) is 6.02. The first kappa shape index (κ1) is 17.0. The molecule has 3 aromatic rings. The van der Waals surface area contributed by atoms with Crippen LogP contribution in [0.3, 0.4) is 0 Å². The van der Waals surface area contributed by atoms with E-state index in [-0.39, 0.29) is 17.6 Å². The average Bonchev–Trinajstić information content (AvgIpc) is 3.18. The number of fused-ring (bicyclic) bond motifs is 1. The summed E-state index contributed by atoms with van der Waals surface area (Å²) in [5.41, 5.74) is 1.06. The average molecular weight is 369 g/mol. The van der Waals surface area contributed by atoms with Gasteiger partial charge in [0.1, 0.15) is 25.1 Å².